The van der Waals surface area contributed by atoms with Crippen molar-refractivity contribution in [1.29, 1.82) is 0 Å². The van der Waals surface area contributed by atoms with Crippen LogP contribution in [-0.2, 0) is 32.0 Å². The number of carbonyl (C=O) groups excluding carboxylic acids is 1. The molecule has 1 aromatic heterocycles. The monoisotopic (exact) mass is 568 g/mol. The lowest BCUT2D eigenvalue weighted by molar-refractivity contribution is -0.127. The van der Waals surface area contributed by atoms with Gasteiger partial charge in [-0.1, -0.05) is 0 Å². The van der Waals surface area contributed by atoms with Crippen LogP contribution in [0, 0.1) is 0 Å². The normalized spacial score (nSPS) is 27.7. The Morgan fingerprint density at radius 3 is 2.36 bits per heavy atom. The number of phosphoric ester groups is 1. The number of aldehydes is 1. The number of hydrogen-bond acceptors (Lipinski definition) is 14. The Morgan fingerprint density at radius 2 is 1.83 bits per heavy atom. The predicted molar refractivity (Wildman–Crippen MR) is 109 cm³/mol. The molecule has 36 heavy (non-hydrogen) atoms. The van der Waals surface area contributed by atoms with Crippen LogP contribution in [0.15, 0.2) is 21.9 Å². The highest BCUT2D eigenvalue weighted by Gasteiger charge is 2.48. The second-order valence-electron chi connectivity index (χ2n) is 7.27. The average molecular weight is 568 g/mol. The van der Waals surface area contributed by atoms with E-state index in [4.69, 9.17) is 19.0 Å². The molecule has 0 aliphatic carbocycles. The number of halogens is 1. The smallest absolute Gasteiger partial charge is 0.394 e. The summed E-state index contributed by atoms with van der Waals surface area (Å²) in [5.41, 5.74) is -1.83. The van der Waals surface area contributed by atoms with Crippen LogP contribution in [0.3, 0.4) is 0 Å². The van der Waals surface area contributed by atoms with Crippen molar-refractivity contribution in [3.8, 4) is 0 Å². The van der Waals surface area contributed by atoms with Crippen molar-refractivity contribution in [1.82, 2.24) is 9.55 Å². The van der Waals surface area contributed by atoms with Crippen molar-refractivity contribution >= 4 is 21.9 Å². The van der Waals surface area contributed by atoms with E-state index in [-0.39, 0.29) is 0 Å². The molecule has 1 saturated heterocycles. The van der Waals surface area contributed by atoms with Crippen LogP contribution in [0.1, 0.15) is 6.23 Å². The van der Waals surface area contributed by atoms with E-state index in [0.29, 0.717) is 4.57 Å². The SMILES string of the molecule is O=C[C@H](F)[C@@H](O)[C@@H](O)[C@@H](CO)OP(=O)(OC[C@H]1O[C@@H](n2ccc(=O)[nH]c2=O)[C@H](O)[C@@H]1O)OP(=O)(O)O. The fraction of sp³-hybridized carbons (Fsp3) is 0.667. The highest BCUT2D eigenvalue weighted by molar-refractivity contribution is 7.61. The first-order valence-corrected chi connectivity index (χ1v) is 12.7. The Labute approximate surface area is 199 Å². The molecule has 2 heterocycles. The lowest BCUT2D eigenvalue weighted by Gasteiger charge is -2.29. The van der Waals surface area contributed by atoms with Gasteiger partial charge in [0.1, 0.15) is 36.6 Å². The number of phosphoric acid groups is 2. The minimum atomic E-state index is -5.69. The van der Waals surface area contributed by atoms with E-state index < -0.39 is 95.4 Å². The van der Waals surface area contributed by atoms with E-state index in [0.717, 1.165) is 12.3 Å². The van der Waals surface area contributed by atoms with Gasteiger partial charge in [-0.3, -0.25) is 23.4 Å². The van der Waals surface area contributed by atoms with Gasteiger partial charge in [0.2, 0.25) is 0 Å². The molecular formula is C15H23FN2O16P2. The summed E-state index contributed by atoms with van der Waals surface area (Å²) >= 11 is 0. The van der Waals surface area contributed by atoms with Gasteiger partial charge in [0.15, 0.2) is 18.7 Å². The molecule has 8 N–H and O–H groups in total. The van der Waals surface area contributed by atoms with Gasteiger partial charge in [-0.05, 0) is 0 Å². The largest absolute Gasteiger partial charge is 0.484 e. The van der Waals surface area contributed by atoms with Gasteiger partial charge in [-0.2, -0.15) is 4.31 Å². The zero-order chi connectivity index (χ0) is 27.4. The number of hydrogen-bond donors (Lipinski definition) is 8. The molecule has 206 valence electrons. The summed E-state index contributed by atoms with van der Waals surface area (Å²) in [6.07, 6.45) is -16.5. The van der Waals surface area contributed by atoms with E-state index in [1.54, 1.807) is 0 Å². The van der Waals surface area contributed by atoms with Gasteiger partial charge in [-0.15, -0.1) is 0 Å². The van der Waals surface area contributed by atoms with Crippen LogP contribution in [-0.4, -0.2) is 107 Å². The fourth-order valence-electron chi connectivity index (χ4n) is 2.95. The molecule has 0 radical (unpaired) electrons. The quantitative estimate of drug-likeness (QED) is 0.0831. The number of aromatic amines is 1. The first-order chi connectivity index (χ1) is 16.6. The van der Waals surface area contributed by atoms with Gasteiger partial charge >= 0.3 is 21.3 Å². The van der Waals surface area contributed by atoms with Gasteiger partial charge in [0.25, 0.3) is 5.56 Å². The van der Waals surface area contributed by atoms with Crippen molar-refractivity contribution in [3.05, 3.63) is 33.1 Å². The number of aliphatic hydroxyl groups excluding tert-OH is 5. The Hall–Kier alpha value is -1.70. The number of nitrogens with zero attached hydrogens (tertiary/aromatic N) is 1. The van der Waals surface area contributed by atoms with Crippen molar-refractivity contribution < 1.29 is 71.7 Å². The molecule has 18 nitrogen and oxygen atoms in total. The summed E-state index contributed by atoms with van der Waals surface area (Å²) in [7, 11) is -11.2. The van der Waals surface area contributed by atoms with Crippen LogP contribution in [0.25, 0.3) is 0 Å². The highest BCUT2D eigenvalue weighted by Crippen LogP contribution is 2.62. The maximum atomic E-state index is 13.4. The molecule has 1 aliphatic rings. The third-order valence-corrected chi connectivity index (χ3v) is 7.34. The highest BCUT2D eigenvalue weighted by atomic mass is 31.3. The van der Waals surface area contributed by atoms with Crippen LogP contribution >= 0.6 is 15.6 Å². The van der Waals surface area contributed by atoms with Crippen molar-refractivity contribution in [2.75, 3.05) is 13.2 Å². The lowest BCUT2D eigenvalue weighted by atomic mass is 10.1. The van der Waals surface area contributed by atoms with Crippen LogP contribution < -0.4 is 11.2 Å². The maximum absolute atomic E-state index is 13.4. The molecule has 9 atom stereocenters. The van der Waals surface area contributed by atoms with E-state index in [9.17, 15) is 53.4 Å². The number of aromatic nitrogens is 2. The van der Waals surface area contributed by atoms with Crippen molar-refractivity contribution in [2.24, 2.45) is 0 Å². The van der Waals surface area contributed by atoms with Gasteiger partial charge in [0.05, 0.1) is 13.2 Å². The Bertz CT molecular complexity index is 1110. The van der Waals surface area contributed by atoms with E-state index in [1.165, 1.54) is 0 Å². The molecule has 0 bridgehead atoms. The van der Waals surface area contributed by atoms with E-state index in [1.807, 2.05) is 4.98 Å². The summed E-state index contributed by atoms with van der Waals surface area (Å²) in [5.74, 6) is 0. The van der Waals surface area contributed by atoms with Crippen molar-refractivity contribution in [2.45, 2.75) is 49.0 Å². The standard InChI is InChI=1S/C15H23FN2O16P2/c16-6(3-19)10(22)11(23)7(4-20)33-36(30,34-35(27,28)29)31-5-8-12(24)13(25)14(32-8)18-2-1-9(21)17-15(18)26/h1-3,6-8,10-14,20,22-25H,4-5H2,(H,17,21,26)(H2,27,28,29)/t6-,7+,8+,10+,11-,12+,13+,14+,36?/m0/s1. The van der Waals surface area contributed by atoms with Crippen molar-refractivity contribution in [3.63, 3.8) is 0 Å². The molecule has 0 amide bonds. The maximum Gasteiger partial charge on any atom is 0.484 e. The summed E-state index contributed by atoms with van der Waals surface area (Å²) in [6, 6.07) is 0.894. The second-order valence-corrected chi connectivity index (χ2v) is 10.3. The van der Waals surface area contributed by atoms with Gasteiger partial charge < -0.3 is 44.9 Å². The van der Waals surface area contributed by atoms with Crippen LogP contribution in [0.2, 0.25) is 0 Å². The molecule has 0 spiro atoms. The summed E-state index contributed by atoms with van der Waals surface area (Å²) in [4.78, 5) is 53.5. The zero-order valence-electron chi connectivity index (χ0n) is 17.8. The lowest BCUT2D eigenvalue weighted by Crippen LogP contribution is -2.46. The molecule has 1 fully saturated rings. The molecule has 0 aromatic carbocycles. The number of alkyl halides is 1. The minimum Gasteiger partial charge on any atom is -0.394 e. The van der Waals surface area contributed by atoms with E-state index in [2.05, 4.69) is 8.83 Å². The average Bonchev–Trinajstić information content (AvgIpc) is 3.07. The van der Waals surface area contributed by atoms with Gasteiger partial charge in [-0.25, -0.2) is 18.3 Å². The number of carbonyl (C=O) groups is 1. The number of ether oxygens (including phenoxy) is 1. The Balaban J connectivity index is 2.22. The second kappa shape index (κ2) is 12.2. The summed E-state index contributed by atoms with van der Waals surface area (Å²) in [5, 5.41) is 49.2. The molecule has 0 saturated carbocycles. The summed E-state index contributed by atoms with van der Waals surface area (Å²) < 4.78 is 56.6. The number of aliphatic hydroxyl groups is 5. The Kier molecular flexibility index (Phi) is 10.4. The number of H-pyrrole nitrogens is 1. The zero-order valence-corrected chi connectivity index (χ0v) is 19.6. The molecule has 1 unspecified atom stereocenters. The summed E-state index contributed by atoms with van der Waals surface area (Å²) in [6.45, 7) is -2.48. The van der Waals surface area contributed by atoms with Crippen LogP contribution in [0.4, 0.5) is 4.39 Å². The minimum absolute atomic E-state index is 0.418. The molecule has 21 heteroatoms. The van der Waals surface area contributed by atoms with E-state index >= 15 is 0 Å². The fourth-order valence-corrected chi connectivity index (χ4v) is 5.25. The number of nitrogens with one attached hydrogen (secondary N) is 1. The molecule has 1 aliphatic heterocycles. The first kappa shape index (κ1) is 30.5. The third kappa shape index (κ3) is 7.65. The third-order valence-electron chi connectivity index (χ3n) is 4.70. The topological polar surface area (TPSA) is 285 Å². The first-order valence-electron chi connectivity index (χ1n) is 9.71. The van der Waals surface area contributed by atoms with Gasteiger partial charge in [0, 0.05) is 12.3 Å². The van der Waals surface area contributed by atoms with Crippen LogP contribution in [0.5, 0.6) is 0 Å². The molecule has 2 rings (SSSR count). The molecular weight excluding hydrogens is 545 g/mol. The molecule has 1 aromatic rings. The number of rotatable bonds is 13. The Morgan fingerprint density at radius 1 is 1.19 bits per heavy atom. The predicted octanol–water partition coefficient (Wildman–Crippen LogP) is -3.97.